The largest absolute Gasteiger partial charge is 0.444 e. The average molecular weight is 695 g/mol. The molecule has 0 spiro atoms. The van der Waals surface area contributed by atoms with Gasteiger partial charge in [0, 0.05) is 109 Å². The van der Waals surface area contributed by atoms with E-state index in [1.165, 1.54) is 16.6 Å². The molecule has 2 saturated heterocycles. The molecule has 0 aliphatic carbocycles. The molecule has 51 heavy (non-hydrogen) atoms. The Kier molecular flexibility index (Phi) is 9.89. The minimum atomic E-state index is -0.511. The summed E-state index contributed by atoms with van der Waals surface area (Å²) in [6.45, 7) is 16.7. The van der Waals surface area contributed by atoms with Gasteiger partial charge in [-0.3, -0.25) is 9.59 Å². The van der Waals surface area contributed by atoms with E-state index in [0.29, 0.717) is 19.0 Å². The van der Waals surface area contributed by atoms with E-state index in [2.05, 4.69) is 41.3 Å². The SMILES string of the molecule is CC1CCN(C(=O)c2ccc3[nH]c4c(c3c2)CN(C(=O)OC(C)(C)C)CC4)CC1.CC1CCN(C(=O)c2ccc3[nH]c4c(c3c2)CNCC4)CC1. The zero-order chi connectivity index (χ0) is 35.9. The van der Waals surface area contributed by atoms with Gasteiger partial charge >= 0.3 is 6.09 Å². The van der Waals surface area contributed by atoms with Gasteiger partial charge < -0.3 is 34.7 Å². The summed E-state index contributed by atoms with van der Waals surface area (Å²) in [7, 11) is 0. The van der Waals surface area contributed by atoms with E-state index < -0.39 is 5.60 Å². The number of hydrogen-bond acceptors (Lipinski definition) is 5. The van der Waals surface area contributed by atoms with Crippen molar-refractivity contribution in [3.8, 4) is 0 Å². The Balaban J connectivity index is 0.000000165. The summed E-state index contributed by atoms with van der Waals surface area (Å²) >= 11 is 0. The average Bonchev–Trinajstić information content (AvgIpc) is 3.68. The fourth-order valence-electron chi connectivity index (χ4n) is 7.90. The fraction of sp³-hybridized carbons (Fsp3) is 0.537. The summed E-state index contributed by atoms with van der Waals surface area (Å²) in [6, 6.07) is 12.0. The highest BCUT2D eigenvalue weighted by Gasteiger charge is 2.29. The van der Waals surface area contributed by atoms with Gasteiger partial charge in [0.1, 0.15) is 5.60 Å². The van der Waals surface area contributed by atoms with Crippen LogP contribution in [0.5, 0.6) is 0 Å². The van der Waals surface area contributed by atoms with E-state index in [9.17, 15) is 14.4 Å². The van der Waals surface area contributed by atoms with E-state index in [4.69, 9.17) is 4.74 Å². The molecule has 272 valence electrons. The Hall–Kier alpha value is -4.31. The van der Waals surface area contributed by atoms with Gasteiger partial charge in [-0.2, -0.15) is 0 Å². The molecule has 4 aliphatic rings. The number of fused-ring (bicyclic) bond motifs is 6. The van der Waals surface area contributed by atoms with Crippen molar-refractivity contribution in [2.24, 2.45) is 11.8 Å². The van der Waals surface area contributed by atoms with Gasteiger partial charge in [-0.25, -0.2) is 4.79 Å². The number of rotatable bonds is 2. The number of carbonyl (C=O) groups is 3. The van der Waals surface area contributed by atoms with Crippen molar-refractivity contribution in [2.75, 3.05) is 39.3 Å². The molecule has 2 aromatic carbocycles. The van der Waals surface area contributed by atoms with Crippen LogP contribution in [0.25, 0.3) is 21.8 Å². The number of aromatic nitrogens is 2. The summed E-state index contributed by atoms with van der Waals surface area (Å²) in [5, 5.41) is 5.66. The standard InChI is InChI=1S/C23H31N3O3.C18H23N3O/c1-15-7-10-25(11-8-15)21(27)16-5-6-19-17(13-16)18-14-26(12-9-20(18)24-19)22(28)29-23(2,3)4;1-12-5-8-21(9-6-12)18(22)13-2-3-16-14(10-13)15-11-19-7-4-17(15)20-16/h5-6,13,15,24H,7-12,14H2,1-4H3;2-3,10,12,19-20H,4-9,11H2,1H3. The number of piperidine rings is 2. The minimum Gasteiger partial charge on any atom is -0.444 e. The van der Waals surface area contributed by atoms with Crippen LogP contribution in [0.15, 0.2) is 36.4 Å². The van der Waals surface area contributed by atoms with Crippen LogP contribution in [0.4, 0.5) is 4.79 Å². The predicted octanol–water partition coefficient (Wildman–Crippen LogP) is 7.02. The molecule has 0 atom stereocenters. The highest BCUT2D eigenvalue weighted by atomic mass is 16.6. The summed E-state index contributed by atoms with van der Waals surface area (Å²) in [5.74, 6) is 1.73. The van der Waals surface area contributed by atoms with Crippen LogP contribution in [0.2, 0.25) is 0 Å². The minimum absolute atomic E-state index is 0.105. The molecule has 4 aliphatic heterocycles. The molecule has 0 radical (unpaired) electrons. The zero-order valence-electron chi connectivity index (χ0n) is 31.0. The molecule has 8 rings (SSSR count). The molecule has 0 bridgehead atoms. The number of likely N-dealkylation sites (tertiary alicyclic amines) is 2. The fourth-order valence-corrected chi connectivity index (χ4v) is 7.90. The first-order valence-electron chi connectivity index (χ1n) is 19.0. The maximum Gasteiger partial charge on any atom is 0.410 e. The molecule has 2 aromatic heterocycles. The maximum atomic E-state index is 13.0. The number of carbonyl (C=O) groups excluding carboxylic acids is 3. The first kappa shape index (κ1) is 35.1. The molecule has 0 saturated carbocycles. The van der Waals surface area contributed by atoms with E-state index in [-0.39, 0.29) is 17.9 Å². The van der Waals surface area contributed by atoms with Crippen molar-refractivity contribution < 1.29 is 19.1 Å². The number of benzene rings is 2. The lowest BCUT2D eigenvalue weighted by atomic mass is 9.98. The van der Waals surface area contributed by atoms with Gasteiger partial charge in [0.05, 0.1) is 6.54 Å². The van der Waals surface area contributed by atoms with Crippen LogP contribution in [0, 0.1) is 11.8 Å². The van der Waals surface area contributed by atoms with Gasteiger partial charge in [0.25, 0.3) is 11.8 Å². The Bertz CT molecular complexity index is 1920. The quantitative estimate of drug-likeness (QED) is 0.209. The third-order valence-corrected chi connectivity index (χ3v) is 11.1. The smallest absolute Gasteiger partial charge is 0.410 e. The van der Waals surface area contributed by atoms with E-state index >= 15 is 0 Å². The van der Waals surface area contributed by atoms with Gasteiger partial charge in [-0.05, 0) is 100 Å². The molecule has 10 heteroatoms. The zero-order valence-corrected chi connectivity index (χ0v) is 31.0. The molecule has 0 unspecified atom stereocenters. The number of aromatic amines is 2. The summed E-state index contributed by atoms with van der Waals surface area (Å²) < 4.78 is 5.55. The predicted molar refractivity (Wildman–Crippen MR) is 201 cm³/mol. The van der Waals surface area contributed by atoms with Crippen molar-refractivity contribution in [2.45, 2.75) is 91.8 Å². The van der Waals surface area contributed by atoms with Crippen LogP contribution in [-0.4, -0.2) is 87.4 Å². The molecular formula is C41H54N6O4. The topological polar surface area (TPSA) is 114 Å². The Morgan fingerprint density at radius 2 is 1.20 bits per heavy atom. The lowest BCUT2D eigenvalue weighted by Crippen LogP contribution is -2.39. The Morgan fingerprint density at radius 3 is 1.73 bits per heavy atom. The second-order valence-corrected chi connectivity index (χ2v) is 16.2. The molecule has 3 amide bonds. The third kappa shape index (κ3) is 7.66. The second-order valence-electron chi connectivity index (χ2n) is 16.2. The first-order chi connectivity index (χ1) is 24.4. The van der Waals surface area contributed by atoms with E-state index in [0.717, 1.165) is 123 Å². The van der Waals surface area contributed by atoms with Crippen LogP contribution >= 0.6 is 0 Å². The highest BCUT2D eigenvalue weighted by Crippen LogP contribution is 2.31. The van der Waals surface area contributed by atoms with Crippen molar-refractivity contribution in [1.82, 2.24) is 30.0 Å². The van der Waals surface area contributed by atoms with Gasteiger partial charge in [-0.1, -0.05) is 13.8 Å². The van der Waals surface area contributed by atoms with Gasteiger partial charge in [0.2, 0.25) is 0 Å². The number of hydrogen-bond donors (Lipinski definition) is 3. The van der Waals surface area contributed by atoms with Crippen molar-refractivity contribution in [3.05, 3.63) is 70.0 Å². The van der Waals surface area contributed by atoms with Crippen molar-refractivity contribution in [3.63, 3.8) is 0 Å². The van der Waals surface area contributed by atoms with Gasteiger partial charge in [0.15, 0.2) is 0 Å². The summed E-state index contributed by atoms with van der Waals surface area (Å²) in [6.07, 6.45) is 5.90. The number of ether oxygens (including phenoxy) is 1. The Morgan fingerprint density at radius 1 is 0.686 bits per heavy atom. The third-order valence-electron chi connectivity index (χ3n) is 11.1. The maximum absolute atomic E-state index is 13.0. The number of H-pyrrole nitrogens is 2. The van der Waals surface area contributed by atoms with Gasteiger partial charge in [-0.15, -0.1) is 0 Å². The van der Waals surface area contributed by atoms with Crippen LogP contribution in [0.1, 0.15) is 104 Å². The van der Waals surface area contributed by atoms with Crippen LogP contribution in [0.3, 0.4) is 0 Å². The first-order valence-corrected chi connectivity index (χ1v) is 19.0. The molecule has 3 N–H and O–H groups in total. The monoisotopic (exact) mass is 694 g/mol. The van der Waals surface area contributed by atoms with E-state index in [1.807, 2.05) is 54.8 Å². The summed E-state index contributed by atoms with van der Waals surface area (Å²) in [5.41, 5.74) is 8.12. The van der Waals surface area contributed by atoms with Crippen LogP contribution < -0.4 is 5.32 Å². The van der Waals surface area contributed by atoms with E-state index in [1.54, 1.807) is 4.90 Å². The molecule has 2 fully saturated rings. The number of nitrogens with one attached hydrogen (secondary N) is 3. The Labute approximate surface area is 301 Å². The summed E-state index contributed by atoms with van der Waals surface area (Å²) in [4.78, 5) is 51.0. The van der Waals surface area contributed by atoms with Crippen LogP contribution in [-0.2, 0) is 30.7 Å². The lowest BCUT2D eigenvalue weighted by molar-refractivity contribution is 0.0224. The molecule has 4 aromatic rings. The molecule has 10 nitrogen and oxygen atoms in total. The number of nitrogens with zero attached hydrogens (tertiary/aromatic N) is 3. The second kappa shape index (κ2) is 14.4. The highest BCUT2D eigenvalue weighted by molar-refractivity contribution is 6.00. The van der Waals surface area contributed by atoms with Crippen molar-refractivity contribution in [1.29, 1.82) is 0 Å². The lowest BCUT2D eigenvalue weighted by Gasteiger charge is -2.30. The molecule has 6 heterocycles. The van der Waals surface area contributed by atoms with Crippen molar-refractivity contribution >= 4 is 39.7 Å². The number of amides is 3. The normalized spacial score (nSPS) is 18.6. The molecular weight excluding hydrogens is 640 g/mol.